The molecule has 0 radical (unpaired) electrons. The molecule has 0 spiro atoms. The maximum Gasteiger partial charge on any atom is 0.308 e. The van der Waals surface area contributed by atoms with Crippen molar-refractivity contribution < 1.29 is 18.3 Å². The second-order valence-corrected chi connectivity index (χ2v) is 8.17. The van der Waals surface area contributed by atoms with Crippen molar-refractivity contribution in [2.24, 2.45) is 5.92 Å². The highest BCUT2D eigenvalue weighted by Crippen LogP contribution is 2.33. The lowest BCUT2D eigenvalue weighted by Gasteiger charge is -2.36. The van der Waals surface area contributed by atoms with Crippen molar-refractivity contribution in [2.45, 2.75) is 30.7 Å². The van der Waals surface area contributed by atoms with Gasteiger partial charge in [-0.2, -0.15) is 4.31 Å². The number of aliphatic carboxylic acids is 1. The maximum atomic E-state index is 12.8. The van der Waals surface area contributed by atoms with Crippen LogP contribution in [0.25, 0.3) is 0 Å². The first-order valence-electron chi connectivity index (χ1n) is 6.45. The Kier molecular flexibility index (Phi) is 4.97. The summed E-state index contributed by atoms with van der Waals surface area (Å²) in [5.41, 5.74) is 0. The summed E-state index contributed by atoms with van der Waals surface area (Å²) in [4.78, 5) is 11.3. The number of sulfonamides is 1. The Morgan fingerprint density at radius 2 is 2.14 bits per heavy atom. The molecule has 1 aromatic rings. The summed E-state index contributed by atoms with van der Waals surface area (Å²) in [5.74, 6) is -1.65. The number of hydrogen-bond acceptors (Lipinski definition) is 3. The summed E-state index contributed by atoms with van der Waals surface area (Å²) in [5, 5.41) is 9.53. The van der Waals surface area contributed by atoms with E-state index in [1.807, 2.05) is 0 Å². The van der Waals surface area contributed by atoms with Crippen LogP contribution in [0.4, 0.5) is 0 Å². The van der Waals surface area contributed by atoms with Gasteiger partial charge >= 0.3 is 5.97 Å². The fourth-order valence-electron chi connectivity index (χ4n) is 2.58. The summed E-state index contributed by atoms with van der Waals surface area (Å²) < 4.78 is 27.2. The minimum absolute atomic E-state index is 0.0629. The lowest BCUT2D eigenvalue weighted by Crippen LogP contribution is -2.49. The molecule has 2 rings (SSSR count). The third-order valence-electron chi connectivity index (χ3n) is 3.73. The largest absolute Gasteiger partial charge is 0.481 e. The first kappa shape index (κ1) is 16.7. The van der Waals surface area contributed by atoms with Crippen LogP contribution in [0.3, 0.4) is 0 Å². The number of halogens is 2. The van der Waals surface area contributed by atoms with Crippen LogP contribution in [0.1, 0.15) is 19.8 Å². The molecule has 0 unspecified atom stereocenters. The number of nitrogens with zero attached hydrogens (tertiary/aromatic N) is 1. The van der Waals surface area contributed by atoms with Gasteiger partial charge in [-0.25, -0.2) is 8.42 Å². The first-order valence-corrected chi connectivity index (χ1v) is 9.06. The number of piperidine rings is 1. The Labute approximate surface area is 137 Å². The molecule has 1 aromatic carbocycles. The van der Waals surface area contributed by atoms with Gasteiger partial charge in [0.25, 0.3) is 0 Å². The lowest BCUT2D eigenvalue weighted by atomic mass is 9.92. The molecule has 8 heteroatoms. The van der Waals surface area contributed by atoms with E-state index in [1.165, 1.54) is 10.4 Å². The summed E-state index contributed by atoms with van der Waals surface area (Å²) >= 11 is 9.10. The first-order chi connectivity index (χ1) is 9.75. The molecule has 1 fully saturated rings. The third kappa shape index (κ3) is 3.26. The highest BCUT2D eigenvalue weighted by atomic mass is 79.9. The van der Waals surface area contributed by atoms with E-state index in [0.29, 0.717) is 28.9 Å². The van der Waals surface area contributed by atoms with Gasteiger partial charge in [-0.15, -0.1) is 0 Å². The quantitative estimate of drug-likeness (QED) is 0.852. The molecule has 5 nitrogen and oxygen atoms in total. The molecule has 1 heterocycles. The van der Waals surface area contributed by atoms with Crippen LogP contribution < -0.4 is 0 Å². The minimum atomic E-state index is -3.79. The normalized spacial score (nSPS) is 24.0. The van der Waals surface area contributed by atoms with Crippen LogP contribution in [0.2, 0.25) is 5.02 Å². The summed E-state index contributed by atoms with van der Waals surface area (Å²) in [6.45, 7) is 1.94. The SMILES string of the molecule is C[C@@H]1[C@H](C(=O)O)CCCN1S(=O)(=O)c1cc(Cl)ccc1Br. The average Bonchev–Trinajstić information content (AvgIpc) is 2.41. The second kappa shape index (κ2) is 6.24. The molecule has 0 aliphatic carbocycles. The summed E-state index contributed by atoms with van der Waals surface area (Å²) in [6, 6.07) is 3.94. The molecule has 21 heavy (non-hydrogen) atoms. The Morgan fingerprint density at radius 1 is 1.48 bits per heavy atom. The van der Waals surface area contributed by atoms with Crippen molar-refractivity contribution >= 4 is 43.5 Å². The van der Waals surface area contributed by atoms with Crippen molar-refractivity contribution in [3.05, 3.63) is 27.7 Å². The Morgan fingerprint density at radius 3 is 2.76 bits per heavy atom. The molecule has 1 aliphatic rings. The van der Waals surface area contributed by atoms with E-state index >= 15 is 0 Å². The minimum Gasteiger partial charge on any atom is -0.481 e. The van der Waals surface area contributed by atoms with E-state index in [9.17, 15) is 18.3 Å². The topological polar surface area (TPSA) is 74.7 Å². The fraction of sp³-hybridized carbons (Fsp3) is 0.462. The van der Waals surface area contributed by atoms with Gasteiger partial charge in [-0.3, -0.25) is 4.79 Å². The van der Waals surface area contributed by atoms with Crippen molar-refractivity contribution in [1.82, 2.24) is 4.31 Å². The van der Waals surface area contributed by atoms with Crippen molar-refractivity contribution in [1.29, 1.82) is 0 Å². The Hall–Kier alpha value is -0.630. The standard InChI is InChI=1S/C13H15BrClNO4S/c1-8-10(13(17)18)3-2-6-16(8)21(19,20)12-7-9(15)4-5-11(12)14/h4-5,7-8,10H,2-3,6H2,1H3,(H,17,18)/t8-,10-/m1/s1. The monoisotopic (exact) mass is 395 g/mol. The van der Waals surface area contributed by atoms with Crippen LogP contribution in [-0.2, 0) is 14.8 Å². The number of carboxylic acids is 1. The van der Waals surface area contributed by atoms with Crippen molar-refractivity contribution in [2.75, 3.05) is 6.54 Å². The molecule has 1 aliphatic heterocycles. The maximum absolute atomic E-state index is 12.8. The molecule has 0 aromatic heterocycles. The Balaban J connectivity index is 2.43. The molecule has 1 saturated heterocycles. The number of hydrogen-bond donors (Lipinski definition) is 1. The highest BCUT2D eigenvalue weighted by molar-refractivity contribution is 9.10. The van der Waals surface area contributed by atoms with Crippen LogP contribution in [-0.4, -0.2) is 36.4 Å². The predicted octanol–water partition coefficient (Wildman–Crippen LogP) is 2.98. The zero-order valence-corrected chi connectivity index (χ0v) is 14.4. The van der Waals surface area contributed by atoms with E-state index < -0.39 is 28.0 Å². The smallest absolute Gasteiger partial charge is 0.308 e. The van der Waals surface area contributed by atoms with Crippen LogP contribution in [0.5, 0.6) is 0 Å². The molecule has 0 bridgehead atoms. The van der Waals surface area contributed by atoms with Crippen LogP contribution in [0, 0.1) is 5.92 Å². The highest BCUT2D eigenvalue weighted by Gasteiger charge is 2.40. The summed E-state index contributed by atoms with van der Waals surface area (Å²) in [6.07, 6.45) is 1.01. The Bertz CT molecular complexity index is 664. The van der Waals surface area contributed by atoms with Gasteiger partial charge in [0.1, 0.15) is 0 Å². The van der Waals surface area contributed by atoms with E-state index in [4.69, 9.17) is 11.6 Å². The summed E-state index contributed by atoms with van der Waals surface area (Å²) in [7, 11) is -3.79. The van der Waals surface area contributed by atoms with Gasteiger partial charge < -0.3 is 5.11 Å². The molecule has 2 atom stereocenters. The molecular formula is C13H15BrClNO4S. The molecular weight excluding hydrogens is 382 g/mol. The van der Waals surface area contributed by atoms with E-state index in [-0.39, 0.29) is 4.90 Å². The second-order valence-electron chi connectivity index (χ2n) is 5.02. The number of rotatable bonds is 3. The number of carbonyl (C=O) groups is 1. The van der Waals surface area contributed by atoms with E-state index in [0.717, 1.165) is 0 Å². The molecule has 116 valence electrons. The lowest BCUT2D eigenvalue weighted by molar-refractivity contribution is -0.144. The number of benzene rings is 1. The molecule has 1 N–H and O–H groups in total. The van der Waals surface area contributed by atoms with Gasteiger partial charge in [0, 0.05) is 22.1 Å². The van der Waals surface area contributed by atoms with Crippen molar-refractivity contribution in [3.8, 4) is 0 Å². The van der Waals surface area contributed by atoms with Gasteiger partial charge in [-0.1, -0.05) is 11.6 Å². The zero-order valence-electron chi connectivity index (χ0n) is 11.3. The molecule has 0 saturated carbocycles. The predicted molar refractivity (Wildman–Crippen MR) is 82.9 cm³/mol. The van der Waals surface area contributed by atoms with Crippen LogP contribution in [0.15, 0.2) is 27.6 Å². The average molecular weight is 397 g/mol. The van der Waals surface area contributed by atoms with E-state index in [2.05, 4.69) is 15.9 Å². The third-order valence-corrected chi connectivity index (χ3v) is 6.94. The van der Waals surface area contributed by atoms with Crippen LogP contribution >= 0.6 is 27.5 Å². The van der Waals surface area contributed by atoms with Gasteiger partial charge in [0.2, 0.25) is 10.0 Å². The van der Waals surface area contributed by atoms with E-state index in [1.54, 1.807) is 19.1 Å². The molecule has 0 amide bonds. The zero-order chi connectivity index (χ0) is 15.8. The van der Waals surface area contributed by atoms with Gasteiger partial charge in [0.05, 0.1) is 10.8 Å². The number of carboxylic acid groups (broad SMARTS) is 1. The fourth-order valence-corrected chi connectivity index (χ4v) is 5.48. The van der Waals surface area contributed by atoms with Gasteiger partial charge in [0.15, 0.2) is 0 Å². The van der Waals surface area contributed by atoms with Gasteiger partial charge in [-0.05, 0) is 53.9 Å². The van der Waals surface area contributed by atoms with Crippen molar-refractivity contribution in [3.63, 3.8) is 0 Å².